The number of nitrogens with two attached hydrogens (primary N) is 1. The van der Waals surface area contributed by atoms with Crippen molar-refractivity contribution >= 4 is 17.3 Å². The summed E-state index contributed by atoms with van der Waals surface area (Å²) < 4.78 is 0. The molecule has 96 valence electrons. The predicted molar refractivity (Wildman–Crippen MR) is 71.1 cm³/mol. The molecule has 1 aliphatic rings. The Hall–Kier alpha value is -2.63. The number of rotatable bonds is 1. The zero-order valence-electron chi connectivity index (χ0n) is 10.1. The third-order valence-electron chi connectivity index (χ3n) is 3.17. The number of carbonyl (C=O) groups excluding carboxylic acids is 1. The van der Waals surface area contributed by atoms with Gasteiger partial charge in [-0.15, -0.1) is 0 Å². The number of fused-ring (bicyclic) bond motifs is 1. The average molecular weight is 256 g/mol. The molecule has 1 aliphatic heterocycles. The highest BCUT2D eigenvalue weighted by atomic mass is 16.2. The minimum Gasteiger partial charge on any atom is -0.397 e. The van der Waals surface area contributed by atoms with Crippen LogP contribution in [0.4, 0.5) is 11.4 Å². The highest BCUT2D eigenvalue weighted by Crippen LogP contribution is 2.34. The summed E-state index contributed by atoms with van der Waals surface area (Å²) in [7, 11) is 0. The molecule has 19 heavy (non-hydrogen) atoms. The number of amides is 1. The Balaban J connectivity index is 2.00. The molecule has 0 bridgehead atoms. The summed E-state index contributed by atoms with van der Waals surface area (Å²) in [6.45, 7) is 0.573. The van der Waals surface area contributed by atoms with E-state index in [0.717, 1.165) is 17.7 Å². The maximum Gasteiger partial charge on any atom is 0.278 e. The van der Waals surface area contributed by atoms with E-state index in [-0.39, 0.29) is 17.2 Å². The smallest absolute Gasteiger partial charge is 0.278 e. The second kappa shape index (κ2) is 4.24. The van der Waals surface area contributed by atoms with Crippen molar-refractivity contribution in [1.29, 1.82) is 0 Å². The van der Waals surface area contributed by atoms with Crippen LogP contribution in [0, 0.1) is 0 Å². The SMILES string of the molecule is Nc1cccc2c1N(C(=O)c1ccc(=O)[nH]n1)CC2. The van der Waals surface area contributed by atoms with E-state index in [1.54, 1.807) is 11.0 Å². The van der Waals surface area contributed by atoms with Crippen molar-refractivity contribution in [2.75, 3.05) is 17.2 Å². The van der Waals surface area contributed by atoms with Gasteiger partial charge in [0.2, 0.25) is 0 Å². The van der Waals surface area contributed by atoms with Crippen LogP contribution in [0.5, 0.6) is 0 Å². The summed E-state index contributed by atoms with van der Waals surface area (Å²) in [6, 6.07) is 8.30. The summed E-state index contributed by atoms with van der Waals surface area (Å²) in [5.41, 5.74) is 8.18. The zero-order valence-corrected chi connectivity index (χ0v) is 10.1. The van der Waals surface area contributed by atoms with Crippen molar-refractivity contribution in [1.82, 2.24) is 10.2 Å². The van der Waals surface area contributed by atoms with E-state index in [9.17, 15) is 9.59 Å². The first kappa shape index (κ1) is 11.5. The molecule has 2 heterocycles. The van der Waals surface area contributed by atoms with Gasteiger partial charge < -0.3 is 10.6 Å². The zero-order chi connectivity index (χ0) is 13.4. The second-order valence-electron chi connectivity index (χ2n) is 4.37. The van der Waals surface area contributed by atoms with Gasteiger partial charge >= 0.3 is 0 Å². The molecular formula is C13H12N4O2. The maximum atomic E-state index is 12.4. The standard InChI is InChI=1S/C13H12N4O2/c14-9-3-1-2-8-6-7-17(12(8)9)13(19)10-4-5-11(18)16-15-10/h1-5H,6-7,14H2,(H,16,18). The Morgan fingerprint density at radius 1 is 1.32 bits per heavy atom. The van der Waals surface area contributed by atoms with Crippen molar-refractivity contribution in [3.8, 4) is 0 Å². The average Bonchev–Trinajstić information content (AvgIpc) is 2.84. The van der Waals surface area contributed by atoms with Crippen LogP contribution in [0.3, 0.4) is 0 Å². The van der Waals surface area contributed by atoms with Gasteiger partial charge in [-0.25, -0.2) is 5.10 Å². The number of H-pyrrole nitrogens is 1. The van der Waals surface area contributed by atoms with Crippen LogP contribution in [0.2, 0.25) is 0 Å². The largest absolute Gasteiger partial charge is 0.397 e. The molecule has 1 aromatic carbocycles. The molecule has 1 aromatic heterocycles. The maximum absolute atomic E-state index is 12.4. The van der Waals surface area contributed by atoms with Crippen LogP contribution < -0.4 is 16.2 Å². The molecule has 3 N–H and O–H groups in total. The molecule has 0 aliphatic carbocycles. The lowest BCUT2D eigenvalue weighted by Gasteiger charge is -2.18. The van der Waals surface area contributed by atoms with Crippen molar-refractivity contribution in [3.05, 3.63) is 51.9 Å². The number of hydrogen-bond donors (Lipinski definition) is 2. The Kier molecular flexibility index (Phi) is 2.56. The van der Waals surface area contributed by atoms with E-state index < -0.39 is 0 Å². The topological polar surface area (TPSA) is 92.1 Å². The Labute approximate surface area is 108 Å². The highest BCUT2D eigenvalue weighted by Gasteiger charge is 2.28. The molecule has 0 spiro atoms. The van der Waals surface area contributed by atoms with Crippen molar-refractivity contribution in [2.24, 2.45) is 0 Å². The Bertz CT molecular complexity index is 688. The predicted octanol–water partition coefficient (Wildman–Crippen LogP) is 0.555. The number of benzene rings is 1. The van der Waals surface area contributed by atoms with Gasteiger partial charge in [-0.05, 0) is 24.1 Å². The van der Waals surface area contributed by atoms with Crippen LogP contribution in [0.25, 0.3) is 0 Å². The number of hydrogen-bond acceptors (Lipinski definition) is 4. The number of nitrogens with zero attached hydrogens (tertiary/aromatic N) is 2. The third-order valence-corrected chi connectivity index (χ3v) is 3.17. The number of para-hydroxylation sites is 1. The van der Waals surface area contributed by atoms with Gasteiger partial charge in [-0.1, -0.05) is 12.1 Å². The molecular weight excluding hydrogens is 244 g/mol. The molecule has 0 fully saturated rings. The Morgan fingerprint density at radius 2 is 2.16 bits per heavy atom. The van der Waals surface area contributed by atoms with E-state index >= 15 is 0 Å². The lowest BCUT2D eigenvalue weighted by Crippen LogP contribution is -2.31. The summed E-state index contributed by atoms with van der Waals surface area (Å²) >= 11 is 0. The van der Waals surface area contributed by atoms with Crippen molar-refractivity contribution in [3.63, 3.8) is 0 Å². The molecule has 0 atom stereocenters. The quantitative estimate of drug-likeness (QED) is 0.729. The number of nitrogens with one attached hydrogen (secondary N) is 1. The fourth-order valence-corrected chi connectivity index (χ4v) is 2.29. The first-order valence-corrected chi connectivity index (χ1v) is 5.92. The monoisotopic (exact) mass is 256 g/mol. The van der Waals surface area contributed by atoms with E-state index in [1.165, 1.54) is 12.1 Å². The number of aromatic nitrogens is 2. The first-order valence-electron chi connectivity index (χ1n) is 5.92. The molecule has 1 amide bonds. The number of nitrogen functional groups attached to an aromatic ring is 1. The van der Waals surface area contributed by atoms with Crippen LogP contribution in [-0.4, -0.2) is 22.6 Å². The lowest BCUT2D eigenvalue weighted by molar-refractivity contribution is 0.0983. The van der Waals surface area contributed by atoms with Gasteiger partial charge in [-0.2, -0.15) is 5.10 Å². The fraction of sp³-hybridized carbons (Fsp3) is 0.154. The minimum atomic E-state index is -0.335. The van der Waals surface area contributed by atoms with Crippen LogP contribution in [0.15, 0.2) is 35.1 Å². The van der Waals surface area contributed by atoms with Gasteiger partial charge in [0.15, 0.2) is 0 Å². The molecule has 3 rings (SSSR count). The third kappa shape index (κ3) is 1.87. The van der Waals surface area contributed by atoms with Crippen LogP contribution in [-0.2, 0) is 6.42 Å². The molecule has 0 saturated carbocycles. The summed E-state index contributed by atoms with van der Waals surface area (Å²) in [5.74, 6) is -0.257. The van der Waals surface area contributed by atoms with Crippen molar-refractivity contribution in [2.45, 2.75) is 6.42 Å². The van der Waals surface area contributed by atoms with E-state index in [2.05, 4.69) is 10.2 Å². The molecule has 2 aromatic rings. The number of aromatic amines is 1. The molecule has 6 heteroatoms. The summed E-state index contributed by atoms with van der Waals surface area (Å²) in [6.07, 6.45) is 0.773. The molecule has 0 saturated heterocycles. The first-order chi connectivity index (χ1) is 9.16. The fourth-order valence-electron chi connectivity index (χ4n) is 2.29. The van der Waals surface area contributed by atoms with E-state index in [4.69, 9.17) is 5.73 Å². The Morgan fingerprint density at radius 3 is 2.89 bits per heavy atom. The summed E-state index contributed by atoms with van der Waals surface area (Å²) in [4.78, 5) is 24.9. The number of carbonyl (C=O) groups is 1. The van der Waals surface area contributed by atoms with Gasteiger partial charge in [-0.3, -0.25) is 9.59 Å². The second-order valence-corrected chi connectivity index (χ2v) is 4.37. The number of anilines is 2. The summed E-state index contributed by atoms with van der Waals surface area (Å²) in [5, 5.41) is 6.01. The normalized spacial score (nSPS) is 13.4. The van der Waals surface area contributed by atoms with Gasteiger partial charge in [0, 0.05) is 12.6 Å². The van der Waals surface area contributed by atoms with Crippen LogP contribution in [0.1, 0.15) is 16.1 Å². The minimum absolute atomic E-state index is 0.204. The highest BCUT2D eigenvalue weighted by molar-refractivity contribution is 6.07. The van der Waals surface area contributed by atoms with Gasteiger partial charge in [0.25, 0.3) is 11.5 Å². The van der Waals surface area contributed by atoms with Crippen molar-refractivity contribution < 1.29 is 4.79 Å². The van der Waals surface area contributed by atoms with Gasteiger partial charge in [0.1, 0.15) is 5.69 Å². The van der Waals surface area contributed by atoms with E-state index in [1.807, 2.05) is 12.1 Å². The van der Waals surface area contributed by atoms with Crippen LogP contribution >= 0.6 is 0 Å². The molecule has 6 nitrogen and oxygen atoms in total. The lowest BCUT2D eigenvalue weighted by atomic mass is 10.1. The molecule has 0 radical (unpaired) electrons. The van der Waals surface area contributed by atoms with Gasteiger partial charge in [0.05, 0.1) is 11.4 Å². The molecule has 0 unspecified atom stereocenters. The van der Waals surface area contributed by atoms with E-state index in [0.29, 0.717) is 12.2 Å².